The Morgan fingerprint density at radius 2 is 2.00 bits per heavy atom. The maximum atomic E-state index is 5.34. The van der Waals surface area contributed by atoms with Crippen molar-refractivity contribution in [3.63, 3.8) is 0 Å². The first-order valence-corrected chi connectivity index (χ1v) is 5.28. The van der Waals surface area contributed by atoms with E-state index in [2.05, 4.69) is 5.10 Å². The van der Waals surface area contributed by atoms with Gasteiger partial charge in [0.05, 0.1) is 24.6 Å². The summed E-state index contributed by atoms with van der Waals surface area (Å²) in [5.41, 5.74) is 7.30. The van der Waals surface area contributed by atoms with Crippen LogP contribution in [0, 0.1) is 0 Å². The highest BCUT2D eigenvalue weighted by molar-refractivity contribution is 5.30. The number of ether oxygens (including phenoxy) is 1. The molecule has 84 valence electrons. The van der Waals surface area contributed by atoms with Crippen LogP contribution in [-0.2, 0) is 11.3 Å². The van der Waals surface area contributed by atoms with Crippen LogP contribution in [0.1, 0.15) is 5.69 Å². The zero-order chi connectivity index (χ0) is 11.2. The van der Waals surface area contributed by atoms with Crippen molar-refractivity contribution in [3.05, 3.63) is 48.3 Å². The molecule has 0 aliphatic heterocycles. The Kier molecular flexibility index (Phi) is 3.69. The maximum Gasteiger partial charge on any atom is 0.0907 e. The third-order valence-electron chi connectivity index (χ3n) is 2.18. The smallest absolute Gasteiger partial charge is 0.0907 e. The Balaban J connectivity index is 2.02. The largest absolute Gasteiger partial charge is 0.374 e. The van der Waals surface area contributed by atoms with Crippen molar-refractivity contribution in [1.82, 2.24) is 9.78 Å². The molecule has 0 atom stereocenters. The minimum absolute atomic E-state index is 0.511. The lowest BCUT2D eigenvalue weighted by Crippen LogP contribution is -2.08. The summed E-state index contributed by atoms with van der Waals surface area (Å²) < 4.78 is 7.15. The normalized spacial score (nSPS) is 10.6. The van der Waals surface area contributed by atoms with Gasteiger partial charge in [-0.05, 0) is 18.2 Å². The molecule has 0 spiro atoms. The summed E-state index contributed by atoms with van der Waals surface area (Å²) in [4.78, 5) is 0. The summed E-state index contributed by atoms with van der Waals surface area (Å²) in [6.45, 7) is 1.62. The fraction of sp³-hybridized carbons (Fsp3) is 0.250. The number of hydrogen-bond acceptors (Lipinski definition) is 3. The van der Waals surface area contributed by atoms with Crippen molar-refractivity contribution in [3.8, 4) is 5.69 Å². The van der Waals surface area contributed by atoms with Crippen LogP contribution in [0.15, 0.2) is 42.6 Å². The molecule has 0 saturated carbocycles. The Bertz CT molecular complexity index is 425. The van der Waals surface area contributed by atoms with Gasteiger partial charge in [0.15, 0.2) is 0 Å². The van der Waals surface area contributed by atoms with E-state index < -0.39 is 0 Å². The summed E-state index contributed by atoms with van der Waals surface area (Å²) >= 11 is 0. The molecule has 0 radical (unpaired) electrons. The number of benzene rings is 1. The van der Waals surface area contributed by atoms with Crippen LogP contribution in [0.25, 0.3) is 5.69 Å². The third kappa shape index (κ3) is 2.68. The molecule has 0 aliphatic rings. The van der Waals surface area contributed by atoms with Crippen LogP contribution in [0.2, 0.25) is 0 Å². The summed E-state index contributed by atoms with van der Waals surface area (Å²) in [6, 6.07) is 11.9. The lowest BCUT2D eigenvalue weighted by Gasteiger charge is -2.00. The second kappa shape index (κ2) is 5.44. The highest BCUT2D eigenvalue weighted by atomic mass is 16.5. The van der Waals surface area contributed by atoms with E-state index in [1.54, 1.807) is 0 Å². The fourth-order valence-corrected chi connectivity index (χ4v) is 1.42. The quantitative estimate of drug-likeness (QED) is 0.769. The van der Waals surface area contributed by atoms with Crippen LogP contribution in [0.5, 0.6) is 0 Å². The Labute approximate surface area is 94.6 Å². The molecule has 0 amide bonds. The summed E-state index contributed by atoms with van der Waals surface area (Å²) in [5, 5.41) is 4.40. The molecule has 0 unspecified atom stereocenters. The molecule has 0 aliphatic carbocycles. The number of aromatic nitrogens is 2. The van der Waals surface area contributed by atoms with E-state index in [9.17, 15) is 0 Å². The molecule has 0 saturated heterocycles. The van der Waals surface area contributed by atoms with Crippen LogP contribution >= 0.6 is 0 Å². The molecule has 0 bridgehead atoms. The number of hydrogen-bond donors (Lipinski definition) is 1. The molecule has 4 nitrogen and oxygen atoms in total. The average Bonchev–Trinajstić information content (AvgIpc) is 2.79. The van der Waals surface area contributed by atoms with Gasteiger partial charge in [0.1, 0.15) is 0 Å². The molecule has 1 aromatic heterocycles. The van der Waals surface area contributed by atoms with Crippen LogP contribution < -0.4 is 5.73 Å². The van der Waals surface area contributed by atoms with Gasteiger partial charge >= 0.3 is 0 Å². The van der Waals surface area contributed by atoms with Gasteiger partial charge in [0.25, 0.3) is 0 Å². The van der Waals surface area contributed by atoms with Gasteiger partial charge in [-0.15, -0.1) is 0 Å². The van der Waals surface area contributed by atoms with Gasteiger partial charge in [0, 0.05) is 12.7 Å². The highest BCUT2D eigenvalue weighted by Gasteiger charge is 2.00. The van der Waals surface area contributed by atoms with Gasteiger partial charge in [0.2, 0.25) is 0 Å². The Hall–Kier alpha value is -1.65. The number of nitrogens with zero attached hydrogens (tertiary/aromatic N) is 2. The van der Waals surface area contributed by atoms with E-state index in [4.69, 9.17) is 10.5 Å². The SMILES string of the molecule is NCCOCc1ccn(-c2ccccc2)n1. The van der Waals surface area contributed by atoms with Crippen molar-refractivity contribution in [2.24, 2.45) is 5.73 Å². The minimum Gasteiger partial charge on any atom is -0.374 e. The summed E-state index contributed by atoms with van der Waals surface area (Å²) in [7, 11) is 0. The van der Waals surface area contributed by atoms with Crippen LogP contribution in [-0.4, -0.2) is 22.9 Å². The lowest BCUT2D eigenvalue weighted by molar-refractivity contribution is 0.125. The molecule has 16 heavy (non-hydrogen) atoms. The monoisotopic (exact) mass is 217 g/mol. The second-order valence-corrected chi connectivity index (χ2v) is 3.43. The fourth-order valence-electron chi connectivity index (χ4n) is 1.42. The molecular weight excluding hydrogens is 202 g/mol. The number of rotatable bonds is 5. The van der Waals surface area contributed by atoms with Crippen LogP contribution in [0.4, 0.5) is 0 Å². The van der Waals surface area contributed by atoms with E-state index >= 15 is 0 Å². The molecular formula is C12H15N3O. The van der Waals surface area contributed by atoms with Gasteiger partial charge in [-0.25, -0.2) is 4.68 Å². The van der Waals surface area contributed by atoms with E-state index in [1.165, 1.54) is 0 Å². The number of para-hydroxylation sites is 1. The highest BCUT2D eigenvalue weighted by Crippen LogP contribution is 2.07. The molecule has 1 aromatic carbocycles. The molecule has 4 heteroatoms. The molecule has 1 heterocycles. The Morgan fingerprint density at radius 3 is 2.75 bits per heavy atom. The first kappa shape index (κ1) is 10.9. The molecule has 2 rings (SSSR count). The molecule has 2 N–H and O–H groups in total. The van der Waals surface area contributed by atoms with Crippen molar-refractivity contribution in [1.29, 1.82) is 0 Å². The topological polar surface area (TPSA) is 53.1 Å². The minimum atomic E-state index is 0.511. The van der Waals surface area contributed by atoms with E-state index in [0.717, 1.165) is 11.4 Å². The van der Waals surface area contributed by atoms with Crippen molar-refractivity contribution < 1.29 is 4.74 Å². The van der Waals surface area contributed by atoms with Gasteiger partial charge in [-0.1, -0.05) is 18.2 Å². The second-order valence-electron chi connectivity index (χ2n) is 3.43. The van der Waals surface area contributed by atoms with Gasteiger partial charge in [-0.3, -0.25) is 0 Å². The predicted molar refractivity (Wildman–Crippen MR) is 62.3 cm³/mol. The summed E-state index contributed by atoms with van der Waals surface area (Å²) in [5.74, 6) is 0. The zero-order valence-corrected chi connectivity index (χ0v) is 9.04. The van der Waals surface area contributed by atoms with Gasteiger partial charge < -0.3 is 10.5 Å². The van der Waals surface area contributed by atoms with Crippen molar-refractivity contribution in [2.75, 3.05) is 13.2 Å². The molecule has 2 aromatic rings. The summed E-state index contributed by atoms with van der Waals surface area (Å²) in [6.07, 6.45) is 1.93. The number of nitrogens with two attached hydrogens (primary N) is 1. The van der Waals surface area contributed by atoms with Crippen molar-refractivity contribution in [2.45, 2.75) is 6.61 Å². The van der Waals surface area contributed by atoms with E-state index in [1.807, 2.05) is 47.3 Å². The Morgan fingerprint density at radius 1 is 1.19 bits per heavy atom. The molecule has 0 fully saturated rings. The zero-order valence-electron chi connectivity index (χ0n) is 9.04. The van der Waals surface area contributed by atoms with E-state index in [0.29, 0.717) is 19.8 Å². The van der Waals surface area contributed by atoms with Gasteiger partial charge in [-0.2, -0.15) is 5.10 Å². The maximum absolute atomic E-state index is 5.34. The lowest BCUT2D eigenvalue weighted by atomic mass is 10.3. The first-order valence-electron chi connectivity index (χ1n) is 5.28. The third-order valence-corrected chi connectivity index (χ3v) is 2.18. The predicted octanol–water partition coefficient (Wildman–Crippen LogP) is 1.35. The average molecular weight is 217 g/mol. The van der Waals surface area contributed by atoms with E-state index in [-0.39, 0.29) is 0 Å². The first-order chi connectivity index (χ1) is 7.90. The van der Waals surface area contributed by atoms with Crippen LogP contribution in [0.3, 0.4) is 0 Å². The van der Waals surface area contributed by atoms with Crippen molar-refractivity contribution >= 4 is 0 Å². The standard InChI is InChI=1S/C12H15N3O/c13-7-9-16-10-11-6-8-15(14-11)12-4-2-1-3-5-12/h1-6,8H,7,9-10,13H2.